The Hall–Kier alpha value is -1.95. The van der Waals surface area contributed by atoms with E-state index >= 15 is 0 Å². The predicted molar refractivity (Wildman–Crippen MR) is 112 cm³/mol. The van der Waals surface area contributed by atoms with Crippen LogP contribution in [0.5, 0.6) is 0 Å². The number of likely N-dealkylation sites (tertiary alicyclic amines) is 1. The first-order chi connectivity index (χ1) is 13.2. The average molecular weight is 384 g/mol. The van der Waals surface area contributed by atoms with Gasteiger partial charge in [0.1, 0.15) is 0 Å². The number of amides is 1. The van der Waals surface area contributed by atoms with Crippen LogP contribution in [-0.2, 0) is 5.54 Å². The van der Waals surface area contributed by atoms with Gasteiger partial charge in [0, 0.05) is 30.7 Å². The highest BCUT2D eigenvalue weighted by Gasteiger charge is 2.34. The second kappa shape index (κ2) is 6.83. The van der Waals surface area contributed by atoms with Gasteiger partial charge in [0.15, 0.2) is 5.65 Å². The van der Waals surface area contributed by atoms with Gasteiger partial charge in [-0.15, -0.1) is 0 Å². The highest BCUT2D eigenvalue weighted by molar-refractivity contribution is 6.06. The molecule has 1 saturated carbocycles. The average Bonchev–Trinajstić information content (AvgIpc) is 3.43. The predicted octanol–water partition coefficient (Wildman–Crippen LogP) is 3.57. The Labute approximate surface area is 167 Å². The van der Waals surface area contributed by atoms with Crippen LogP contribution in [0.2, 0.25) is 0 Å². The van der Waals surface area contributed by atoms with E-state index in [0.717, 1.165) is 60.2 Å². The minimum Gasteiger partial charge on any atom is -0.334 e. The zero-order valence-corrected chi connectivity index (χ0v) is 17.8. The molecule has 1 aliphatic heterocycles. The summed E-state index contributed by atoms with van der Waals surface area (Å²) in [6.07, 6.45) is 4.32. The first-order valence-corrected chi connectivity index (χ1v) is 10.6. The van der Waals surface area contributed by atoms with E-state index in [0.29, 0.717) is 18.4 Å². The second-order valence-corrected chi connectivity index (χ2v) is 9.75. The molecule has 4 rings (SSSR count). The van der Waals surface area contributed by atoms with E-state index in [1.54, 1.807) is 0 Å². The maximum absolute atomic E-state index is 13.7. The normalized spacial score (nSPS) is 23.4. The van der Waals surface area contributed by atoms with Gasteiger partial charge in [-0.2, -0.15) is 5.10 Å². The van der Waals surface area contributed by atoms with Crippen molar-refractivity contribution in [3.8, 4) is 0 Å². The number of carbonyl (C=O) groups is 1. The number of carbonyl (C=O) groups excluding carboxylic acids is 1. The molecule has 2 N–H and O–H groups in total. The summed E-state index contributed by atoms with van der Waals surface area (Å²) in [5.41, 5.74) is 9.36. The molecule has 28 heavy (non-hydrogen) atoms. The largest absolute Gasteiger partial charge is 0.334 e. The highest BCUT2D eigenvalue weighted by atomic mass is 16.2. The Morgan fingerprint density at radius 1 is 1.29 bits per heavy atom. The molecule has 152 valence electrons. The molecule has 1 amide bonds. The van der Waals surface area contributed by atoms with E-state index in [1.807, 2.05) is 22.6 Å². The fraction of sp³-hybridized carbons (Fsp3) is 0.682. The quantitative estimate of drug-likeness (QED) is 0.879. The van der Waals surface area contributed by atoms with Crippen LogP contribution >= 0.6 is 0 Å². The maximum Gasteiger partial charge on any atom is 0.255 e. The van der Waals surface area contributed by atoms with E-state index in [1.165, 1.54) is 0 Å². The van der Waals surface area contributed by atoms with Crippen LogP contribution in [0.25, 0.3) is 11.0 Å². The molecular formula is C22H33N5O. The Bertz CT molecular complexity index is 906. The topological polar surface area (TPSA) is 77.0 Å². The second-order valence-electron chi connectivity index (χ2n) is 9.75. The minimum atomic E-state index is -0.192. The number of fused-ring (bicyclic) bond motifs is 1. The van der Waals surface area contributed by atoms with Crippen molar-refractivity contribution in [3.05, 3.63) is 23.0 Å². The molecule has 2 fully saturated rings. The van der Waals surface area contributed by atoms with Crippen LogP contribution in [0, 0.1) is 12.8 Å². The van der Waals surface area contributed by atoms with Gasteiger partial charge >= 0.3 is 0 Å². The van der Waals surface area contributed by atoms with Crippen molar-refractivity contribution in [2.24, 2.45) is 11.7 Å². The molecule has 2 aromatic heterocycles. The van der Waals surface area contributed by atoms with Crippen molar-refractivity contribution in [1.82, 2.24) is 19.7 Å². The van der Waals surface area contributed by atoms with Crippen molar-refractivity contribution < 1.29 is 4.79 Å². The van der Waals surface area contributed by atoms with E-state index in [9.17, 15) is 4.79 Å². The number of nitrogens with two attached hydrogens (primary N) is 1. The Morgan fingerprint density at radius 3 is 2.61 bits per heavy atom. The van der Waals surface area contributed by atoms with Gasteiger partial charge in [0.2, 0.25) is 0 Å². The SMILES string of the molecule is Cc1nn(C(C)(C)C)c2nc(C3CC3)cc(C(=O)N3CCC(C)CC3CN)c12. The van der Waals surface area contributed by atoms with Gasteiger partial charge in [-0.05, 0) is 65.4 Å². The zero-order valence-electron chi connectivity index (χ0n) is 17.8. The number of piperidine rings is 1. The molecule has 2 aliphatic rings. The Balaban J connectivity index is 1.86. The summed E-state index contributed by atoms with van der Waals surface area (Å²) in [5.74, 6) is 1.18. The number of hydrogen-bond acceptors (Lipinski definition) is 4. The third-order valence-electron chi connectivity index (χ3n) is 6.20. The van der Waals surface area contributed by atoms with Crippen LogP contribution in [0.1, 0.15) is 81.0 Å². The standard InChI is InChI=1S/C22H33N5O/c1-13-8-9-26(16(10-13)12-23)21(28)17-11-18(15-6-7-15)24-20-19(17)14(2)25-27(20)22(3,4)5/h11,13,15-16H,6-10,12,23H2,1-5H3. The number of nitrogens with zero attached hydrogens (tertiary/aromatic N) is 4. The summed E-state index contributed by atoms with van der Waals surface area (Å²) in [4.78, 5) is 20.7. The van der Waals surface area contributed by atoms with Gasteiger partial charge in [0.05, 0.1) is 22.2 Å². The third kappa shape index (κ3) is 3.32. The summed E-state index contributed by atoms with van der Waals surface area (Å²) in [6.45, 7) is 11.9. The van der Waals surface area contributed by atoms with E-state index in [4.69, 9.17) is 15.8 Å². The molecule has 6 nitrogen and oxygen atoms in total. The van der Waals surface area contributed by atoms with Crippen molar-refractivity contribution in [2.75, 3.05) is 13.1 Å². The third-order valence-corrected chi connectivity index (χ3v) is 6.20. The maximum atomic E-state index is 13.7. The highest BCUT2D eigenvalue weighted by Crippen LogP contribution is 2.41. The molecule has 0 aromatic carbocycles. The fourth-order valence-corrected chi connectivity index (χ4v) is 4.43. The monoisotopic (exact) mass is 383 g/mol. The van der Waals surface area contributed by atoms with Crippen LogP contribution < -0.4 is 5.73 Å². The fourth-order valence-electron chi connectivity index (χ4n) is 4.43. The van der Waals surface area contributed by atoms with Crippen molar-refractivity contribution in [3.63, 3.8) is 0 Å². The van der Waals surface area contributed by atoms with E-state index in [2.05, 4.69) is 27.7 Å². The molecule has 3 heterocycles. The van der Waals surface area contributed by atoms with Crippen LogP contribution in [-0.4, -0.2) is 44.7 Å². The molecule has 1 saturated heterocycles. The summed E-state index contributed by atoms with van der Waals surface area (Å²) in [5, 5.41) is 5.68. The molecule has 1 aliphatic carbocycles. The lowest BCUT2D eigenvalue weighted by Crippen LogP contribution is -2.49. The van der Waals surface area contributed by atoms with Crippen LogP contribution in [0.15, 0.2) is 6.07 Å². The molecule has 0 bridgehead atoms. The van der Waals surface area contributed by atoms with Gasteiger partial charge in [-0.1, -0.05) is 6.92 Å². The van der Waals surface area contributed by atoms with Crippen molar-refractivity contribution >= 4 is 16.9 Å². The minimum absolute atomic E-state index is 0.0909. The van der Waals surface area contributed by atoms with Crippen molar-refractivity contribution in [2.45, 2.75) is 77.8 Å². The first-order valence-electron chi connectivity index (χ1n) is 10.6. The number of aromatic nitrogens is 3. The number of pyridine rings is 1. The molecule has 0 spiro atoms. The molecule has 6 heteroatoms. The lowest BCUT2D eigenvalue weighted by atomic mass is 9.91. The Kier molecular flexibility index (Phi) is 4.73. The number of aryl methyl sites for hydroxylation is 1. The summed E-state index contributed by atoms with van der Waals surface area (Å²) in [7, 11) is 0. The van der Waals surface area contributed by atoms with Gasteiger partial charge in [0.25, 0.3) is 5.91 Å². The number of hydrogen-bond donors (Lipinski definition) is 1. The van der Waals surface area contributed by atoms with Crippen LogP contribution in [0.3, 0.4) is 0 Å². The smallest absolute Gasteiger partial charge is 0.255 e. The van der Waals surface area contributed by atoms with E-state index < -0.39 is 0 Å². The molecule has 2 aromatic rings. The summed E-state index contributed by atoms with van der Waals surface area (Å²) < 4.78 is 1.99. The zero-order chi connectivity index (χ0) is 20.2. The summed E-state index contributed by atoms with van der Waals surface area (Å²) >= 11 is 0. The molecule has 2 atom stereocenters. The van der Waals surface area contributed by atoms with Crippen LogP contribution in [0.4, 0.5) is 0 Å². The number of rotatable bonds is 3. The molecule has 2 unspecified atom stereocenters. The Morgan fingerprint density at radius 2 is 2.00 bits per heavy atom. The first kappa shape index (κ1) is 19.4. The molecular weight excluding hydrogens is 350 g/mol. The van der Waals surface area contributed by atoms with Crippen molar-refractivity contribution in [1.29, 1.82) is 0 Å². The van der Waals surface area contributed by atoms with Gasteiger partial charge in [-0.25, -0.2) is 9.67 Å². The van der Waals surface area contributed by atoms with Gasteiger partial charge < -0.3 is 10.6 Å². The van der Waals surface area contributed by atoms with E-state index in [-0.39, 0.29) is 17.5 Å². The van der Waals surface area contributed by atoms with Gasteiger partial charge in [-0.3, -0.25) is 4.79 Å². The molecule has 0 radical (unpaired) electrons. The lowest BCUT2D eigenvalue weighted by Gasteiger charge is -2.38. The summed E-state index contributed by atoms with van der Waals surface area (Å²) in [6, 6.07) is 2.15. The lowest BCUT2D eigenvalue weighted by molar-refractivity contribution is 0.0575.